The fourth-order valence-electron chi connectivity index (χ4n) is 1.95. The van der Waals surface area contributed by atoms with Gasteiger partial charge in [-0.05, 0) is 48.7 Å². The molecule has 2 aromatic carbocycles. The second kappa shape index (κ2) is 6.39. The summed E-state index contributed by atoms with van der Waals surface area (Å²) in [7, 11) is 0. The van der Waals surface area contributed by atoms with Crippen LogP contribution in [0.4, 0.5) is 4.39 Å². The lowest BCUT2D eigenvalue weighted by Crippen LogP contribution is -2.17. The molecule has 3 nitrogen and oxygen atoms in total. The van der Waals surface area contributed by atoms with E-state index in [1.54, 1.807) is 30.3 Å². The molecule has 0 radical (unpaired) electrons. The average molecular weight is 275 g/mol. The Morgan fingerprint density at radius 2 is 1.85 bits per heavy atom. The van der Waals surface area contributed by atoms with Crippen molar-refractivity contribution in [1.29, 1.82) is 0 Å². The number of halogens is 1. The molecule has 1 unspecified atom stereocenters. The summed E-state index contributed by atoms with van der Waals surface area (Å²) in [6.07, 6.45) is 0.604. The van der Waals surface area contributed by atoms with E-state index in [9.17, 15) is 9.50 Å². The van der Waals surface area contributed by atoms with Crippen LogP contribution in [0.2, 0.25) is 0 Å². The number of nitrogens with two attached hydrogens (primary N) is 1. The molecule has 2 rings (SSSR count). The van der Waals surface area contributed by atoms with Crippen LogP contribution >= 0.6 is 0 Å². The lowest BCUT2D eigenvalue weighted by atomic mass is 10.1. The first-order valence-corrected chi connectivity index (χ1v) is 6.48. The maximum Gasteiger partial charge on any atom is 0.127 e. The number of phenols is 1. The number of benzene rings is 2. The third-order valence-electron chi connectivity index (χ3n) is 2.83. The van der Waals surface area contributed by atoms with Gasteiger partial charge in [-0.2, -0.15) is 0 Å². The Bertz CT molecular complexity index is 567. The molecule has 0 heterocycles. The Balaban J connectivity index is 2.05. The normalized spacial score (nSPS) is 12.2. The van der Waals surface area contributed by atoms with Gasteiger partial charge in [0, 0.05) is 12.1 Å². The second-order valence-corrected chi connectivity index (χ2v) is 4.93. The summed E-state index contributed by atoms with van der Waals surface area (Å²) in [4.78, 5) is 0. The Morgan fingerprint density at radius 3 is 2.50 bits per heavy atom. The van der Waals surface area contributed by atoms with Gasteiger partial charge in [0.1, 0.15) is 23.9 Å². The minimum Gasteiger partial charge on any atom is -0.508 e. The molecule has 0 aliphatic rings. The zero-order valence-corrected chi connectivity index (χ0v) is 11.3. The van der Waals surface area contributed by atoms with E-state index < -0.39 is 0 Å². The third kappa shape index (κ3) is 4.24. The Hall–Kier alpha value is -2.07. The fraction of sp³-hybridized carbons (Fsp3) is 0.250. The molecule has 0 amide bonds. The van der Waals surface area contributed by atoms with Gasteiger partial charge in [-0.1, -0.05) is 12.1 Å². The van der Waals surface area contributed by atoms with Gasteiger partial charge in [0.15, 0.2) is 0 Å². The molecule has 0 aliphatic carbocycles. The molecule has 1 atom stereocenters. The van der Waals surface area contributed by atoms with Crippen LogP contribution in [0, 0.1) is 5.82 Å². The lowest BCUT2D eigenvalue weighted by Gasteiger charge is -2.10. The number of ether oxygens (including phenoxy) is 1. The molecule has 3 N–H and O–H groups in total. The van der Waals surface area contributed by atoms with Gasteiger partial charge in [-0.25, -0.2) is 4.39 Å². The van der Waals surface area contributed by atoms with Gasteiger partial charge in [0.05, 0.1) is 0 Å². The van der Waals surface area contributed by atoms with E-state index in [4.69, 9.17) is 10.5 Å². The highest BCUT2D eigenvalue weighted by molar-refractivity contribution is 5.31. The minimum absolute atomic E-state index is 0.0262. The van der Waals surface area contributed by atoms with Gasteiger partial charge < -0.3 is 15.6 Å². The highest BCUT2D eigenvalue weighted by Crippen LogP contribution is 2.19. The van der Waals surface area contributed by atoms with Gasteiger partial charge in [0.25, 0.3) is 0 Å². The van der Waals surface area contributed by atoms with Crippen molar-refractivity contribution in [3.8, 4) is 11.5 Å². The van der Waals surface area contributed by atoms with E-state index in [0.29, 0.717) is 18.8 Å². The van der Waals surface area contributed by atoms with Crippen molar-refractivity contribution in [2.45, 2.75) is 26.0 Å². The highest BCUT2D eigenvalue weighted by Gasteiger charge is 2.05. The highest BCUT2D eigenvalue weighted by atomic mass is 19.1. The summed E-state index contributed by atoms with van der Waals surface area (Å²) < 4.78 is 19.1. The van der Waals surface area contributed by atoms with Crippen molar-refractivity contribution >= 4 is 0 Å². The molecular formula is C16H18FNO2. The zero-order valence-electron chi connectivity index (χ0n) is 11.3. The van der Waals surface area contributed by atoms with Gasteiger partial charge in [-0.3, -0.25) is 0 Å². The van der Waals surface area contributed by atoms with Crippen LogP contribution in [0.5, 0.6) is 11.5 Å². The first-order chi connectivity index (χ1) is 9.52. The summed E-state index contributed by atoms with van der Waals surface area (Å²) in [5.41, 5.74) is 7.44. The molecule has 2 aromatic rings. The number of hydrogen-bond donors (Lipinski definition) is 2. The Labute approximate surface area is 117 Å². The molecule has 0 aromatic heterocycles. The largest absolute Gasteiger partial charge is 0.508 e. The molecule has 4 heteroatoms. The quantitative estimate of drug-likeness (QED) is 0.882. The maximum absolute atomic E-state index is 13.5. The van der Waals surface area contributed by atoms with Gasteiger partial charge in [-0.15, -0.1) is 0 Å². The summed E-state index contributed by atoms with van der Waals surface area (Å²) in [6, 6.07) is 11.3. The molecule has 0 bridgehead atoms. The maximum atomic E-state index is 13.5. The molecule has 0 saturated carbocycles. The van der Waals surface area contributed by atoms with E-state index in [1.807, 2.05) is 6.92 Å². The van der Waals surface area contributed by atoms with E-state index in [1.165, 1.54) is 12.1 Å². The summed E-state index contributed by atoms with van der Waals surface area (Å²) in [5, 5.41) is 9.20. The van der Waals surface area contributed by atoms with Crippen LogP contribution < -0.4 is 10.5 Å². The number of hydrogen-bond acceptors (Lipinski definition) is 3. The number of phenolic OH excluding ortho intramolecular Hbond substituents is 1. The smallest absolute Gasteiger partial charge is 0.127 e. The van der Waals surface area contributed by atoms with E-state index in [2.05, 4.69) is 0 Å². The first kappa shape index (κ1) is 14.3. The summed E-state index contributed by atoms with van der Waals surface area (Å²) in [5.74, 6) is 0.358. The van der Waals surface area contributed by atoms with Crippen molar-refractivity contribution in [1.82, 2.24) is 0 Å². The standard InChI is InChI=1S/C16H18FNO2/c1-11(18)6-13-7-14(17)9-16(8-13)20-10-12-2-4-15(19)5-3-12/h2-5,7-9,11,19H,6,10,18H2,1H3. The lowest BCUT2D eigenvalue weighted by molar-refractivity contribution is 0.304. The first-order valence-electron chi connectivity index (χ1n) is 6.48. The minimum atomic E-state index is -0.330. The number of rotatable bonds is 5. The summed E-state index contributed by atoms with van der Waals surface area (Å²) in [6.45, 7) is 2.20. The van der Waals surface area contributed by atoms with Gasteiger partial charge >= 0.3 is 0 Å². The van der Waals surface area contributed by atoms with Crippen molar-refractivity contribution < 1.29 is 14.2 Å². The fourth-order valence-corrected chi connectivity index (χ4v) is 1.95. The van der Waals surface area contributed by atoms with Gasteiger partial charge in [0.2, 0.25) is 0 Å². The third-order valence-corrected chi connectivity index (χ3v) is 2.83. The Kier molecular flexibility index (Phi) is 4.58. The molecule has 20 heavy (non-hydrogen) atoms. The van der Waals surface area contributed by atoms with E-state index in [-0.39, 0.29) is 17.6 Å². The van der Waals surface area contributed by atoms with E-state index in [0.717, 1.165) is 11.1 Å². The zero-order chi connectivity index (χ0) is 14.5. The monoisotopic (exact) mass is 275 g/mol. The van der Waals surface area contributed by atoms with Crippen LogP contribution in [0.3, 0.4) is 0 Å². The molecular weight excluding hydrogens is 257 g/mol. The summed E-state index contributed by atoms with van der Waals surface area (Å²) >= 11 is 0. The van der Waals surface area contributed by atoms with Crippen molar-refractivity contribution in [3.05, 3.63) is 59.4 Å². The van der Waals surface area contributed by atoms with Crippen LogP contribution in [0.15, 0.2) is 42.5 Å². The van der Waals surface area contributed by atoms with Crippen LogP contribution in [-0.2, 0) is 13.0 Å². The molecule has 0 aliphatic heterocycles. The van der Waals surface area contributed by atoms with Crippen LogP contribution in [0.1, 0.15) is 18.1 Å². The predicted molar refractivity (Wildman–Crippen MR) is 76.2 cm³/mol. The average Bonchev–Trinajstić information content (AvgIpc) is 2.36. The number of aromatic hydroxyl groups is 1. The van der Waals surface area contributed by atoms with Crippen molar-refractivity contribution in [2.75, 3.05) is 0 Å². The molecule has 106 valence electrons. The second-order valence-electron chi connectivity index (χ2n) is 4.93. The Morgan fingerprint density at radius 1 is 1.15 bits per heavy atom. The molecule has 0 saturated heterocycles. The SMILES string of the molecule is CC(N)Cc1cc(F)cc(OCc2ccc(O)cc2)c1. The van der Waals surface area contributed by atoms with Crippen molar-refractivity contribution in [2.24, 2.45) is 5.73 Å². The van der Waals surface area contributed by atoms with E-state index >= 15 is 0 Å². The van der Waals surface area contributed by atoms with Crippen molar-refractivity contribution in [3.63, 3.8) is 0 Å². The molecule has 0 spiro atoms. The van der Waals surface area contributed by atoms with Crippen LogP contribution in [-0.4, -0.2) is 11.1 Å². The van der Waals surface area contributed by atoms with Crippen LogP contribution in [0.25, 0.3) is 0 Å². The molecule has 0 fully saturated rings. The topological polar surface area (TPSA) is 55.5 Å². The predicted octanol–water partition coefficient (Wildman–Crippen LogP) is 3.00.